The number of aliphatic carboxylic acids is 1. The van der Waals surface area contributed by atoms with Gasteiger partial charge in [0.1, 0.15) is 0 Å². The maximum Gasteiger partial charge on any atom is 0.389 e. The molecular weight excluding hydrogens is 187 g/mol. The molecule has 0 fully saturated rings. The highest BCUT2D eigenvalue weighted by Crippen LogP contribution is 2.26. The van der Waals surface area contributed by atoms with Crippen molar-refractivity contribution < 1.29 is 23.1 Å². The van der Waals surface area contributed by atoms with Crippen LogP contribution in [0.25, 0.3) is 0 Å². The van der Waals surface area contributed by atoms with Gasteiger partial charge in [0.05, 0.1) is 6.42 Å². The molecular formula is C7H12F3NO2. The van der Waals surface area contributed by atoms with Gasteiger partial charge in [0.25, 0.3) is 0 Å². The molecule has 0 aromatic heterocycles. The van der Waals surface area contributed by atoms with E-state index in [0.29, 0.717) is 0 Å². The third-order valence-electron chi connectivity index (χ3n) is 1.53. The van der Waals surface area contributed by atoms with E-state index in [2.05, 4.69) is 0 Å². The van der Waals surface area contributed by atoms with Gasteiger partial charge in [-0.1, -0.05) is 0 Å². The summed E-state index contributed by atoms with van der Waals surface area (Å²) in [5, 5.41) is 8.32. The molecule has 0 spiro atoms. The van der Waals surface area contributed by atoms with Gasteiger partial charge in [-0.15, -0.1) is 0 Å². The van der Waals surface area contributed by atoms with Crippen LogP contribution in [0.3, 0.4) is 0 Å². The molecule has 0 aliphatic heterocycles. The van der Waals surface area contributed by atoms with Crippen molar-refractivity contribution in [1.29, 1.82) is 0 Å². The Balaban J connectivity index is 3.96. The van der Waals surface area contributed by atoms with Crippen LogP contribution in [-0.4, -0.2) is 22.8 Å². The van der Waals surface area contributed by atoms with Crippen LogP contribution in [0.4, 0.5) is 13.2 Å². The van der Waals surface area contributed by atoms with Crippen LogP contribution in [0.5, 0.6) is 0 Å². The predicted molar refractivity (Wildman–Crippen MR) is 40.1 cm³/mol. The van der Waals surface area contributed by atoms with Crippen molar-refractivity contribution in [2.24, 2.45) is 5.73 Å². The average Bonchev–Trinajstić information content (AvgIpc) is 1.79. The van der Waals surface area contributed by atoms with Crippen LogP contribution in [-0.2, 0) is 4.79 Å². The molecule has 1 unspecified atom stereocenters. The van der Waals surface area contributed by atoms with Crippen molar-refractivity contribution in [3.8, 4) is 0 Å². The SMILES string of the molecule is CC(N)(CCC(F)(F)F)CC(=O)O. The zero-order valence-corrected chi connectivity index (χ0v) is 7.19. The van der Waals surface area contributed by atoms with Crippen LogP contribution in [0.1, 0.15) is 26.2 Å². The highest BCUT2D eigenvalue weighted by atomic mass is 19.4. The number of carboxylic acid groups (broad SMARTS) is 1. The highest BCUT2D eigenvalue weighted by molar-refractivity contribution is 5.68. The van der Waals surface area contributed by atoms with Crippen molar-refractivity contribution >= 4 is 5.97 Å². The number of rotatable bonds is 4. The minimum atomic E-state index is -4.28. The molecule has 0 aromatic rings. The molecule has 0 heterocycles. The van der Waals surface area contributed by atoms with Gasteiger partial charge < -0.3 is 10.8 Å². The molecule has 0 aliphatic carbocycles. The van der Waals surface area contributed by atoms with Gasteiger partial charge in [-0.25, -0.2) is 0 Å². The Kier molecular flexibility index (Phi) is 3.71. The summed E-state index contributed by atoms with van der Waals surface area (Å²) >= 11 is 0. The van der Waals surface area contributed by atoms with Crippen molar-refractivity contribution in [3.05, 3.63) is 0 Å². The lowest BCUT2D eigenvalue weighted by atomic mass is 9.93. The summed E-state index contributed by atoms with van der Waals surface area (Å²) in [5.74, 6) is -1.19. The van der Waals surface area contributed by atoms with Gasteiger partial charge in [-0.2, -0.15) is 13.2 Å². The molecule has 0 aromatic carbocycles. The third-order valence-corrected chi connectivity index (χ3v) is 1.53. The fourth-order valence-electron chi connectivity index (χ4n) is 0.861. The van der Waals surface area contributed by atoms with Gasteiger partial charge in [0.2, 0.25) is 0 Å². The topological polar surface area (TPSA) is 63.3 Å². The first-order valence-electron chi connectivity index (χ1n) is 3.70. The number of halogens is 3. The van der Waals surface area contributed by atoms with E-state index in [1.807, 2.05) is 0 Å². The molecule has 0 bridgehead atoms. The Bertz CT molecular complexity index is 189. The van der Waals surface area contributed by atoms with Gasteiger partial charge >= 0.3 is 12.1 Å². The summed E-state index contributed by atoms with van der Waals surface area (Å²) in [7, 11) is 0. The fraction of sp³-hybridized carbons (Fsp3) is 0.857. The van der Waals surface area contributed by atoms with Crippen LogP contribution >= 0.6 is 0 Å². The number of carboxylic acids is 1. The average molecular weight is 199 g/mol. The molecule has 0 aliphatic rings. The summed E-state index contributed by atoms with van der Waals surface area (Å²) in [4.78, 5) is 10.2. The van der Waals surface area contributed by atoms with Gasteiger partial charge in [0.15, 0.2) is 0 Å². The molecule has 0 saturated carbocycles. The molecule has 3 N–H and O–H groups in total. The largest absolute Gasteiger partial charge is 0.481 e. The zero-order valence-electron chi connectivity index (χ0n) is 7.19. The minimum Gasteiger partial charge on any atom is -0.481 e. The van der Waals surface area contributed by atoms with Crippen LogP contribution in [0, 0.1) is 0 Å². The molecule has 1 atom stereocenters. The Morgan fingerprint density at radius 1 is 1.38 bits per heavy atom. The van der Waals surface area contributed by atoms with Gasteiger partial charge in [-0.3, -0.25) is 4.79 Å². The first-order chi connectivity index (χ1) is 5.62. The van der Waals surface area contributed by atoms with Gasteiger partial charge in [0, 0.05) is 12.0 Å². The molecule has 0 saturated heterocycles. The molecule has 0 rings (SSSR count). The van der Waals surface area contributed by atoms with E-state index in [9.17, 15) is 18.0 Å². The van der Waals surface area contributed by atoms with E-state index < -0.39 is 30.5 Å². The number of hydrogen-bond donors (Lipinski definition) is 2. The molecule has 3 nitrogen and oxygen atoms in total. The number of alkyl halides is 3. The van der Waals surface area contributed by atoms with Gasteiger partial charge in [-0.05, 0) is 13.3 Å². The number of nitrogens with two attached hydrogens (primary N) is 1. The molecule has 0 radical (unpaired) electrons. The highest BCUT2D eigenvalue weighted by Gasteiger charge is 2.32. The lowest BCUT2D eigenvalue weighted by Crippen LogP contribution is -2.39. The monoisotopic (exact) mass is 199 g/mol. The third kappa shape index (κ3) is 7.58. The minimum absolute atomic E-state index is 0.372. The van der Waals surface area contributed by atoms with E-state index >= 15 is 0 Å². The molecule has 0 amide bonds. The quantitative estimate of drug-likeness (QED) is 0.721. The summed E-state index contributed by atoms with van der Waals surface area (Å²) in [6.45, 7) is 1.30. The lowest BCUT2D eigenvalue weighted by Gasteiger charge is -2.22. The summed E-state index contributed by atoms with van der Waals surface area (Å²) < 4.78 is 35.2. The predicted octanol–water partition coefficient (Wildman–Crippen LogP) is 1.52. The molecule has 6 heteroatoms. The van der Waals surface area contributed by atoms with E-state index in [-0.39, 0.29) is 6.42 Å². The maximum absolute atomic E-state index is 11.7. The summed E-state index contributed by atoms with van der Waals surface area (Å²) in [5.41, 5.74) is 4.05. The normalized spacial score (nSPS) is 16.7. The smallest absolute Gasteiger partial charge is 0.389 e. The van der Waals surface area contributed by atoms with Crippen LogP contribution in [0.2, 0.25) is 0 Å². The van der Waals surface area contributed by atoms with Crippen LogP contribution in [0.15, 0.2) is 0 Å². The number of hydrogen-bond acceptors (Lipinski definition) is 2. The fourth-order valence-corrected chi connectivity index (χ4v) is 0.861. The summed E-state index contributed by atoms with van der Waals surface area (Å²) in [6, 6.07) is 0. The van der Waals surface area contributed by atoms with Crippen LogP contribution < -0.4 is 5.73 Å². The Morgan fingerprint density at radius 3 is 2.15 bits per heavy atom. The van der Waals surface area contributed by atoms with E-state index in [4.69, 9.17) is 10.8 Å². The maximum atomic E-state index is 11.7. The van der Waals surface area contributed by atoms with E-state index in [0.717, 1.165) is 0 Å². The standard InChI is InChI=1S/C7H12F3NO2/c1-6(11,4-5(12)13)2-3-7(8,9)10/h2-4,11H2,1H3,(H,12,13). The Hall–Kier alpha value is -0.780. The Labute approximate surface area is 73.7 Å². The first-order valence-corrected chi connectivity index (χ1v) is 3.70. The number of carbonyl (C=O) groups is 1. The zero-order chi connectivity index (χ0) is 10.7. The van der Waals surface area contributed by atoms with E-state index in [1.165, 1.54) is 6.92 Å². The second kappa shape index (κ2) is 3.95. The van der Waals surface area contributed by atoms with Crippen molar-refractivity contribution in [3.63, 3.8) is 0 Å². The second-order valence-electron chi connectivity index (χ2n) is 3.34. The molecule has 13 heavy (non-hydrogen) atoms. The first kappa shape index (κ1) is 12.2. The van der Waals surface area contributed by atoms with Crippen molar-refractivity contribution in [1.82, 2.24) is 0 Å². The van der Waals surface area contributed by atoms with Crippen molar-refractivity contribution in [2.45, 2.75) is 37.9 Å². The Morgan fingerprint density at radius 2 is 1.85 bits per heavy atom. The lowest BCUT2D eigenvalue weighted by molar-refractivity contribution is -0.144. The molecule has 78 valence electrons. The second-order valence-corrected chi connectivity index (χ2v) is 3.34. The van der Waals surface area contributed by atoms with E-state index in [1.54, 1.807) is 0 Å². The summed E-state index contributed by atoms with van der Waals surface area (Å²) in [6.07, 6.45) is -6.15. The van der Waals surface area contributed by atoms with Crippen molar-refractivity contribution in [2.75, 3.05) is 0 Å².